The zero-order valence-corrected chi connectivity index (χ0v) is 10.1. The number of hydrogen-bond donors (Lipinski definition) is 1. The summed E-state index contributed by atoms with van der Waals surface area (Å²) in [6.07, 6.45) is 0. The molecule has 1 aromatic carbocycles. The summed E-state index contributed by atoms with van der Waals surface area (Å²) in [5.74, 6) is 0. The van der Waals surface area contributed by atoms with Crippen LogP contribution in [0.4, 0.5) is 0 Å². The molecule has 0 spiro atoms. The summed E-state index contributed by atoms with van der Waals surface area (Å²) in [6, 6.07) is 12.4. The molecule has 15 heavy (non-hydrogen) atoms. The van der Waals surface area contributed by atoms with Crippen molar-refractivity contribution in [1.82, 2.24) is 0 Å². The van der Waals surface area contributed by atoms with Crippen molar-refractivity contribution >= 4 is 23.7 Å². The fraction of sp³-hybridized carbons (Fsp3) is 0.167. The number of thiophene rings is 1. The number of benzene rings is 1. The first-order valence-electron chi connectivity index (χ1n) is 4.63. The summed E-state index contributed by atoms with van der Waals surface area (Å²) in [5, 5.41) is 2.06. The highest BCUT2D eigenvalue weighted by atomic mass is 35.5. The van der Waals surface area contributed by atoms with Gasteiger partial charge in [0.15, 0.2) is 0 Å². The van der Waals surface area contributed by atoms with E-state index in [1.54, 1.807) is 11.3 Å². The fourth-order valence-electron chi connectivity index (χ4n) is 1.56. The van der Waals surface area contributed by atoms with Crippen LogP contribution in [-0.4, -0.2) is 0 Å². The molecule has 0 saturated heterocycles. The number of rotatable bonds is 2. The van der Waals surface area contributed by atoms with E-state index in [1.165, 1.54) is 16.0 Å². The van der Waals surface area contributed by atoms with Gasteiger partial charge in [-0.25, -0.2) is 0 Å². The third-order valence-electron chi connectivity index (χ3n) is 2.37. The largest absolute Gasteiger partial charge is 0.320 e. The third-order valence-corrected chi connectivity index (χ3v) is 3.33. The van der Waals surface area contributed by atoms with Gasteiger partial charge in [-0.05, 0) is 29.5 Å². The third kappa shape index (κ3) is 2.59. The molecule has 0 aliphatic heterocycles. The molecule has 0 bridgehead atoms. The summed E-state index contributed by atoms with van der Waals surface area (Å²) >= 11 is 1.71. The normalized spacial score (nSPS) is 11.9. The average molecular weight is 240 g/mol. The Balaban J connectivity index is 0.00000112. The van der Waals surface area contributed by atoms with Crippen molar-refractivity contribution in [3.05, 3.63) is 57.8 Å². The molecule has 2 aromatic rings. The molecular formula is C12H14ClNS. The molecule has 1 aromatic heterocycles. The van der Waals surface area contributed by atoms with Crippen LogP contribution in [0.1, 0.15) is 22.0 Å². The van der Waals surface area contributed by atoms with Crippen molar-refractivity contribution in [2.45, 2.75) is 13.0 Å². The van der Waals surface area contributed by atoms with Crippen LogP contribution in [0.2, 0.25) is 0 Å². The van der Waals surface area contributed by atoms with Gasteiger partial charge in [0.25, 0.3) is 0 Å². The Bertz CT molecular complexity index is 411. The van der Waals surface area contributed by atoms with E-state index in [4.69, 9.17) is 5.73 Å². The van der Waals surface area contributed by atoms with Gasteiger partial charge in [0.2, 0.25) is 0 Å². The maximum absolute atomic E-state index is 6.17. The number of halogens is 1. The SMILES string of the molecule is Cc1ccccc1C(N)c1cccs1.Cl. The van der Waals surface area contributed by atoms with Crippen molar-refractivity contribution in [2.75, 3.05) is 0 Å². The zero-order valence-electron chi connectivity index (χ0n) is 8.51. The van der Waals surface area contributed by atoms with Gasteiger partial charge in [-0.1, -0.05) is 30.3 Å². The predicted molar refractivity (Wildman–Crippen MR) is 68.8 cm³/mol. The van der Waals surface area contributed by atoms with Gasteiger partial charge in [0, 0.05) is 4.88 Å². The van der Waals surface area contributed by atoms with Crippen LogP contribution < -0.4 is 5.73 Å². The highest BCUT2D eigenvalue weighted by Gasteiger charge is 2.10. The van der Waals surface area contributed by atoms with Gasteiger partial charge < -0.3 is 5.73 Å². The first-order chi connectivity index (χ1) is 6.79. The molecule has 1 unspecified atom stereocenters. The molecule has 0 aliphatic carbocycles. The highest BCUT2D eigenvalue weighted by molar-refractivity contribution is 7.10. The summed E-state index contributed by atoms with van der Waals surface area (Å²) in [5.41, 5.74) is 8.65. The summed E-state index contributed by atoms with van der Waals surface area (Å²) in [6.45, 7) is 2.10. The van der Waals surface area contributed by atoms with Crippen molar-refractivity contribution in [1.29, 1.82) is 0 Å². The van der Waals surface area contributed by atoms with Gasteiger partial charge in [0.05, 0.1) is 6.04 Å². The Morgan fingerprint density at radius 1 is 1.13 bits per heavy atom. The van der Waals surface area contributed by atoms with Crippen LogP contribution in [-0.2, 0) is 0 Å². The maximum atomic E-state index is 6.17. The Labute approximate surface area is 100 Å². The van der Waals surface area contributed by atoms with Crippen LogP contribution in [0.3, 0.4) is 0 Å². The van der Waals surface area contributed by atoms with Gasteiger partial charge in [-0.15, -0.1) is 23.7 Å². The number of nitrogens with two attached hydrogens (primary N) is 1. The lowest BCUT2D eigenvalue weighted by atomic mass is 10.0. The van der Waals surface area contributed by atoms with Crippen molar-refractivity contribution < 1.29 is 0 Å². The van der Waals surface area contributed by atoms with E-state index in [1.807, 2.05) is 18.2 Å². The van der Waals surface area contributed by atoms with E-state index in [0.29, 0.717) is 0 Å². The lowest BCUT2D eigenvalue weighted by Gasteiger charge is -2.12. The lowest BCUT2D eigenvalue weighted by Crippen LogP contribution is -2.11. The molecule has 2 rings (SSSR count). The second-order valence-electron chi connectivity index (χ2n) is 3.35. The van der Waals surface area contributed by atoms with Crippen LogP contribution >= 0.6 is 23.7 Å². The van der Waals surface area contributed by atoms with Crippen LogP contribution in [0, 0.1) is 6.92 Å². The van der Waals surface area contributed by atoms with Gasteiger partial charge in [0.1, 0.15) is 0 Å². The summed E-state index contributed by atoms with van der Waals surface area (Å²) in [4.78, 5) is 1.22. The van der Waals surface area contributed by atoms with Gasteiger partial charge in [-0.3, -0.25) is 0 Å². The van der Waals surface area contributed by atoms with Gasteiger partial charge in [-0.2, -0.15) is 0 Å². The molecule has 1 nitrogen and oxygen atoms in total. The molecule has 3 heteroatoms. The Morgan fingerprint density at radius 2 is 1.87 bits per heavy atom. The molecular weight excluding hydrogens is 226 g/mol. The molecule has 0 aliphatic rings. The van der Waals surface area contributed by atoms with Crippen LogP contribution in [0.25, 0.3) is 0 Å². The van der Waals surface area contributed by atoms with Crippen molar-refractivity contribution in [3.63, 3.8) is 0 Å². The monoisotopic (exact) mass is 239 g/mol. The number of aryl methyl sites for hydroxylation is 1. The Hall–Kier alpha value is -0.830. The Morgan fingerprint density at radius 3 is 2.47 bits per heavy atom. The molecule has 0 radical (unpaired) electrons. The predicted octanol–water partition coefficient (Wildman–Crippen LogP) is 3.53. The minimum atomic E-state index is 0. The van der Waals surface area contributed by atoms with E-state index in [0.717, 1.165) is 0 Å². The van der Waals surface area contributed by atoms with Crippen molar-refractivity contribution in [3.8, 4) is 0 Å². The fourth-order valence-corrected chi connectivity index (χ4v) is 2.30. The molecule has 0 saturated carbocycles. The molecule has 80 valence electrons. The van der Waals surface area contributed by atoms with Gasteiger partial charge >= 0.3 is 0 Å². The standard InChI is InChI=1S/C12H13NS.ClH/c1-9-5-2-3-6-10(9)12(13)11-7-4-8-14-11;/h2-8,12H,13H2,1H3;1H. The number of hydrogen-bond acceptors (Lipinski definition) is 2. The van der Waals surface area contributed by atoms with E-state index in [9.17, 15) is 0 Å². The second-order valence-corrected chi connectivity index (χ2v) is 4.33. The quantitative estimate of drug-likeness (QED) is 0.853. The van der Waals surface area contributed by atoms with Crippen molar-refractivity contribution in [2.24, 2.45) is 5.73 Å². The topological polar surface area (TPSA) is 26.0 Å². The first kappa shape index (κ1) is 12.2. The first-order valence-corrected chi connectivity index (χ1v) is 5.51. The minimum absolute atomic E-state index is 0. The molecule has 1 heterocycles. The molecule has 2 N–H and O–H groups in total. The maximum Gasteiger partial charge on any atom is 0.0648 e. The molecule has 0 fully saturated rings. The molecule has 0 amide bonds. The highest BCUT2D eigenvalue weighted by Crippen LogP contribution is 2.25. The van der Waals surface area contributed by atoms with E-state index in [-0.39, 0.29) is 18.4 Å². The minimum Gasteiger partial charge on any atom is -0.320 e. The second kappa shape index (κ2) is 5.31. The van der Waals surface area contributed by atoms with E-state index in [2.05, 4.69) is 30.5 Å². The summed E-state index contributed by atoms with van der Waals surface area (Å²) < 4.78 is 0. The summed E-state index contributed by atoms with van der Waals surface area (Å²) in [7, 11) is 0. The Kier molecular flexibility index (Phi) is 4.33. The molecule has 1 atom stereocenters. The van der Waals surface area contributed by atoms with E-state index >= 15 is 0 Å². The smallest absolute Gasteiger partial charge is 0.0648 e. The average Bonchev–Trinajstić information content (AvgIpc) is 2.70. The van der Waals surface area contributed by atoms with Crippen LogP contribution in [0.15, 0.2) is 41.8 Å². The van der Waals surface area contributed by atoms with Crippen LogP contribution in [0.5, 0.6) is 0 Å². The van der Waals surface area contributed by atoms with E-state index < -0.39 is 0 Å². The lowest BCUT2D eigenvalue weighted by molar-refractivity contribution is 0.882. The zero-order chi connectivity index (χ0) is 9.97.